The van der Waals surface area contributed by atoms with Crippen LogP contribution in [0.15, 0.2) is 36.9 Å². The Morgan fingerprint density at radius 1 is 1.29 bits per heavy atom. The molecule has 0 heterocycles. The second-order valence-corrected chi connectivity index (χ2v) is 7.49. The topological polar surface area (TPSA) is 46.5 Å². The van der Waals surface area contributed by atoms with E-state index in [1.807, 2.05) is 30.3 Å². The molecule has 1 aromatic rings. The quantitative estimate of drug-likeness (QED) is 0.784. The summed E-state index contributed by atoms with van der Waals surface area (Å²) < 4.78 is 5.70. The molecule has 0 amide bonds. The molecule has 0 bridgehead atoms. The van der Waals surface area contributed by atoms with Crippen molar-refractivity contribution in [2.75, 3.05) is 0 Å². The summed E-state index contributed by atoms with van der Waals surface area (Å²) in [4.78, 5) is 12.3. The first kappa shape index (κ1) is 18.7. The van der Waals surface area contributed by atoms with Gasteiger partial charge in [0.1, 0.15) is 6.10 Å². The zero-order valence-electron chi connectivity index (χ0n) is 15.1. The predicted octanol–water partition coefficient (Wildman–Crippen LogP) is 4.45. The van der Waals surface area contributed by atoms with Crippen molar-refractivity contribution in [1.82, 2.24) is 0 Å². The predicted molar refractivity (Wildman–Crippen MR) is 97.3 cm³/mol. The number of ether oxygens (including phenoxy) is 1. The van der Waals surface area contributed by atoms with Crippen molar-refractivity contribution in [3.63, 3.8) is 0 Å². The van der Waals surface area contributed by atoms with Gasteiger partial charge in [-0.05, 0) is 41.7 Å². The molecule has 1 saturated carbocycles. The fraction of sp³-hybridized carbons (Fsp3) is 0.571. The van der Waals surface area contributed by atoms with Crippen molar-refractivity contribution < 1.29 is 14.6 Å². The summed E-state index contributed by atoms with van der Waals surface area (Å²) in [7, 11) is 0. The number of carbonyl (C=O) groups is 1. The smallest absolute Gasteiger partial charge is 0.335 e. The van der Waals surface area contributed by atoms with Gasteiger partial charge in [-0.3, -0.25) is 0 Å². The molecule has 0 unspecified atom stereocenters. The second kappa shape index (κ2) is 8.48. The summed E-state index contributed by atoms with van der Waals surface area (Å²) >= 11 is 0. The largest absolute Gasteiger partial charge is 0.460 e. The van der Waals surface area contributed by atoms with Gasteiger partial charge in [0.15, 0.2) is 6.10 Å². The summed E-state index contributed by atoms with van der Waals surface area (Å²) in [6.45, 7) is 10.5. The van der Waals surface area contributed by atoms with Gasteiger partial charge < -0.3 is 9.84 Å². The van der Waals surface area contributed by atoms with Crippen molar-refractivity contribution in [3.8, 4) is 0 Å². The molecule has 1 aliphatic rings. The van der Waals surface area contributed by atoms with Crippen LogP contribution in [0, 0.1) is 17.8 Å². The van der Waals surface area contributed by atoms with Gasteiger partial charge in [-0.2, -0.15) is 0 Å². The van der Waals surface area contributed by atoms with Crippen LogP contribution >= 0.6 is 0 Å². The van der Waals surface area contributed by atoms with Crippen molar-refractivity contribution >= 4 is 11.5 Å². The van der Waals surface area contributed by atoms with Crippen LogP contribution in [0.25, 0.3) is 5.57 Å². The van der Waals surface area contributed by atoms with Gasteiger partial charge in [0, 0.05) is 6.42 Å². The van der Waals surface area contributed by atoms with Crippen molar-refractivity contribution in [2.24, 2.45) is 17.8 Å². The lowest BCUT2D eigenvalue weighted by molar-refractivity contribution is -0.165. The average molecular weight is 330 g/mol. The van der Waals surface area contributed by atoms with Crippen LogP contribution in [0.4, 0.5) is 0 Å². The van der Waals surface area contributed by atoms with Gasteiger partial charge in [0.25, 0.3) is 0 Å². The van der Waals surface area contributed by atoms with Crippen LogP contribution < -0.4 is 0 Å². The van der Waals surface area contributed by atoms with E-state index in [1.54, 1.807) is 0 Å². The van der Waals surface area contributed by atoms with Gasteiger partial charge in [0.05, 0.1) is 0 Å². The van der Waals surface area contributed by atoms with Crippen LogP contribution in [0.5, 0.6) is 0 Å². The molecule has 4 atom stereocenters. The normalized spacial score (nSPS) is 25.3. The Labute approximate surface area is 145 Å². The number of esters is 1. The standard InChI is InChI=1S/C21H30O3/c1-14(2)18-11-10-15(3)12-20(18)24-21(23)19(22)13-16(4)17-8-6-5-7-9-17/h5-9,14-15,18-20,22H,4,10-13H2,1-3H3/t15-,18+,19-,20-/m1/s1. The van der Waals surface area contributed by atoms with Crippen LogP contribution in [0.3, 0.4) is 0 Å². The van der Waals surface area contributed by atoms with E-state index in [1.165, 1.54) is 6.42 Å². The van der Waals surface area contributed by atoms with E-state index in [-0.39, 0.29) is 12.5 Å². The maximum absolute atomic E-state index is 12.3. The van der Waals surface area contributed by atoms with E-state index in [0.717, 1.165) is 24.0 Å². The molecule has 1 N–H and O–H groups in total. The fourth-order valence-electron chi connectivity index (χ4n) is 3.59. The number of carbonyl (C=O) groups excluding carboxylic acids is 1. The van der Waals surface area contributed by atoms with Crippen LogP contribution in [-0.4, -0.2) is 23.3 Å². The highest BCUT2D eigenvalue weighted by Crippen LogP contribution is 2.35. The first-order valence-electron chi connectivity index (χ1n) is 9.00. The van der Waals surface area contributed by atoms with Crippen LogP contribution in [0.2, 0.25) is 0 Å². The molecule has 0 saturated heterocycles. The summed E-state index contributed by atoms with van der Waals surface area (Å²) in [5, 5.41) is 10.2. The Hall–Kier alpha value is -1.61. The summed E-state index contributed by atoms with van der Waals surface area (Å²) in [6.07, 6.45) is 2.13. The fourth-order valence-corrected chi connectivity index (χ4v) is 3.59. The Kier molecular flexibility index (Phi) is 6.61. The lowest BCUT2D eigenvalue weighted by Gasteiger charge is -2.37. The molecule has 1 fully saturated rings. The Balaban J connectivity index is 1.93. The lowest BCUT2D eigenvalue weighted by atomic mass is 9.75. The zero-order chi connectivity index (χ0) is 17.7. The number of rotatable bonds is 6. The molecule has 132 valence electrons. The SMILES string of the molecule is C=C(C[C@@H](O)C(=O)O[C@@H]1C[C@H](C)CC[C@H]1C(C)C)c1ccccc1. The molecule has 2 rings (SSSR count). The maximum atomic E-state index is 12.3. The third kappa shape index (κ3) is 4.94. The van der Waals surface area contributed by atoms with Gasteiger partial charge in [-0.25, -0.2) is 4.79 Å². The van der Waals surface area contributed by atoms with E-state index >= 15 is 0 Å². The summed E-state index contributed by atoms with van der Waals surface area (Å²) in [6, 6.07) is 9.62. The van der Waals surface area contributed by atoms with Gasteiger partial charge >= 0.3 is 5.97 Å². The molecule has 3 heteroatoms. The molecule has 0 spiro atoms. The van der Waals surface area contributed by atoms with E-state index in [4.69, 9.17) is 4.74 Å². The molecule has 1 aliphatic carbocycles. The van der Waals surface area contributed by atoms with Gasteiger partial charge in [-0.1, -0.05) is 64.1 Å². The highest BCUT2D eigenvalue weighted by atomic mass is 16.6. The van der Waals surface area contributed by atoms with Gasteiger partial charge in [0.2, 0.25) is 0 Å². The first-order valence-corrected chi connectivity index (χ1v) is 9.00. The number of benzene rings is 1. The van der Waals surface area contributed by atoms with Crippen molar-refractivity contribution in [1.29, 1.82) is 0 Å². The molecule has 0 aliphatic heterocycles. The third-order valence-electron chi connectivity index (χ3n) is 5.12. The molecule has 1 aromatic carbocycles. The highest BCUT2D eigenvalue weighted by molar-refractivity contribution is 5.78. The third-order valence-corrected chi connectivity index (χ3v) is 5.12. The first-order chi connectivity index (χ1) is 11.4. The molecule has 0 aromatic heterocycles. The average Bonchev–Trinajstić information content (AvgIpc) is 2.55. The minimum absolute atomic E-state index is 0.0825. The summed E-state index contributed by atoms with van der Waals surface area (Å²) in [5.74, 6) is 0.910. The minimum atomic E-state index is -1.15. The maximum Gasteiger partial charge on any atom is 0.335 e. The van der Waals surface area contributed by atoms with E-state index < -0.39 is 12.1 Å². The second-order valence-electron chi connectivity index (χ2n) is 7.49. The van der Waals surface area contributed by atoms with Crippen LogP contribution in [0.1, 0.15) is 52.0 Å². The number of hydrogen-bond donors (Lipinski definition) is 1. The summed E-state index contributed by atoms with van der Waals surface area (Å²) in [5.41, 5.74) is 1.69. The molecule has 0 radical (unpaired) electrons. The van der Waals surface area contributed by atoms with Crippen LogP contribution in [-0.2, 0) is 9.53 Å². The Morgan fingerprint density at radius 2 is 1.96 bits per heavy atom. The monoisotopic (exact) mass is 330 g/mol. The van der Waals surface area contributed by atoms with Gasteiger partial charge in [-0.15, -0.1) is 0 Å². The Bertz CT molecular complexity index is 549. The molecular formula is C21H30O3. The minimum Gasteiger partial charge on any atom is -0.460 e. The number of aliphatic hydroxyl groups excluding tert-OH is 1. The van der Waals surface area contributed by atoms with E-state index in [9.17, 15) is 9.90 Å². The lowest BCUT2D eigenvalue weighted by Crippen LogP contribution is -2.38. The van der Waals surface area contributed by atoms with Crippen molar-refractivity contribution in [2.45, 2.75) is 58.7 Å². The Morgan fingerprint density at radius 3 is 2.58 bits per heavy atom. The molecule has 24 heavy (non-hydrogen) atoms. The molecule has 3 nitrogen and oxygen atoms in total. The number of aliphatic hydroxyl groups is 1. The van der Waals surface area contributed by atoms with E-state index in [2.05, 4.69) is 27.4 Å². The van der Waals surface area contributed by atoms with Crippen molar-refractivity contribution in [3.05, 3.63) is 42.5 Å². The zero-order valence-corrected chi connectivity index (χ0v) is 15.1. The van der Waals surface area contributed by atoms with E-state index in [0.29, 0.717) is 17.8 Å². The highest BCUT2D eigenvalue weighted by Gasteiger charge is 2.34. The molecular weight excluding hydrogens is 300 g/mol. The number of hydrogen-bond acceptors (Lipinski definition) is 3.